The molecule has 0 bridgehead atoms. The molecule has 0 fully saturated rings. The van der Waals surface area contributed by atoms with E-state index in [9.17, 15) is 0 Å². The fraction of sp³-hybridized carbons (Fsp3) is 0.385. The van der Waals surface area contributed by atoms with Crippen LogP contribution >= 0.6 is 0 Å². The molecule has 0 spiro atoms. The molecule has 0 aliphatic heterocycles. The van der Waals surface area contributed by atoms with Gasteiger partial charge in [0.05, 0.1) is 0 Å². The molecule has 0 saturated carbocycles. The van der Waals surface area contributed by atoms with Crippen LogP contribution in [-0.4, -0.2) is 6.54 Å². The van der Waals surface area contributed by atoms with E-state index in [-0.39, 0.29) is 0 Å². The summed E-state index contributed by atoms with van der Waals surface area (Å²) in [5.74, 6) is 0. The van der Waals surface area contributed by atoms with E-state index in [1.165, 1.54) is 35.1 Å². The highest BCUT2D eigenvalue weighted by Gasteiger charge is 2.10. The normalized spacial score (nSPS) is 14.9. The van der Waals surface area contributed by atoms with Gasteiger partial charge in [0, 0.05) is 0 Å². The molecular formula is C13H17N. The highest BCUT2D eigenvalue weighted by atomic mass is 14.5. The maximum Gasteiger partial charge on any atom is -0.00398 e. The van der Waals surface area contributed by atoms with Crippen LogP contribution in [0.5, 0.6) is 0 Å². The molecule has 74 valence electrons. The molecule has 1 aliphatic rings. The van der Waals surface area contributed by atoms with E-state index in [4.69, 9.17) is 5.73 Å². The fourth-order valence-electron chi connectivity index (χ4n) is 2.12. The average molecular weight is 187 g/mol. The lowest BCUT2D eigenvalue weighted by Crippen LogP contribution is -2.05. The zero-order valence-electron chi connectivity index (χ0n) is 8.72. The first-order chi connectivity index (χ1) is 6.81. The van der Waals surface area contributed by atoms with Gasteiger partial charge in [0.15, 0.2) is 0 Å². The SMILES string of the molecule is Cc1cccc2c1C=C(CCN)CC2. The minimum Gasteiger partial charge on any atom is -0.330 e. The Balaban J connectivity index is 2.37. The van der Waals surface area contributed by atoms with Gasteiger partial charge in [0.25, 0.3) is 0 Å². The number of nitrogens with two attached hydrogens (primary N) is 1. The highest BCUT2D eigenvalue weighted by molar-refractivity contribution is 5.62. The van der Waals surface area contributed by atoms with E-state index in [1.807, 2.05) is 0 Å². The van der Waals surface area contributed by atoms with Crippen molar-refractivity contribution in [2.24, 2.45) is 5.73 Å². The lowest BCUT2D eigenvalue weighted by molar-refractivity contribution is 0.835. The van der Waals surface area contributed by atoms with Crippen LogP contribution in [-0.2, 0) is 6.42 Å². The lowest BCUT2D eigenvalue weighted by Gasteiger charge is -2.17. The molecule has 1 heteroatoms. The Morgan fingerprint density at radius 3 is 2.93 bits per heavy atom. The monoisotopic (exact) mass is 187 g/mol. The van der Waals surface area contributed by atoms with Crippen LogP contribution in [0.15, 0.2) is 23.8 Å². The molecule has 0 unspecified atom stereocenters. The van der Waals surface area contributed by atoms with Gasteiger partial charge in [-0.2, -0.15) is 0 Å². The molecule has 2 rings (SSSR count). The largest absolute Gasteiger partial charge is 0.330 e. The summed E-state index contributed by atoms with van der Waals surface area (Å²) in [4.78, 5) is 0. The summed E-state index contributed by atoms with van der Waals surface area (Å²) in [5, 5.41) is 0. The summed E-state index contributed by atoms with van der Waals surface area (Å²) in [5.41, 5.74) is 11.4. The molecule has 2 N–H and O–H groups in total. The molecular weight excluding hydrogens is 170 g/mol. The molecule has 1 aromatic rings. The first-order valence-corrected chi connectivity index (χ1v) is 5.29. The Morgan fingerprint density at radius 2 is 2.14 bits per heavy atom. The predicted octanol–water partition coefficient (Wildman–Crippen LogP) is 2.67. The lowest BCUT2D eigenvalue weighted by atomic mass is 9.88. The van der Waals surface area contributed by atoms with Crippen LogP contribution < -0.4 is 5.73 Å². The predicted molar refractivity (Wildman–Crippen MR) is 61.1 cm³/mol. The summed E-state index contributed by atoms with van der Waals surface area (Å²) in [6.07, 6.45) is 5.76. The highest BCUT2D eigenvalue weighted by Crippen LogP contribution is 2.27. The second-order valence-corrected chi connectivity index (χ2v) is 3.99. The Morgan fingerprint density at radius 1 is 1.29 bits per heavy atom. The number of hydrogen-bond donors (Lipinski definition) is 1. The third-order valence-corrected chi connectivity index (χ3v) is 2.94. The van der Waals surface area contributed by atoms with Gasteiger partial charge in [-0.25, -0.2) is 0 Å². The zero-order valence-corrected chi connectivity index (χ0v) is 8.72. The van der Waals surface area contributed by atoms with Gasteiger partial charge in [-0.1, -0.05) is 29.8 Å². The van der Waals surface area contributed by atoms with Gasteiger partial charge in [-0.05, 0) is 49.4 Å². The molecule has 0 atom stereocenters. The van der Waals surface area contributed by atoms with E-state index in [0.29, 0.717) is 0 Å². The standard InChI is InChI=1S/C13H17N/c1-10-3-2-4-12-6-5-11(7-8-14)9-13(10)12/h2-4,9H,5-8,14H2,1H3. The van der Waals surface area contributed by atoms with Crippen LogP contribution in [0.25, 0.3) is 6.08 Å². The maximum absolute atomic E-state index is 5.58. The molecule has 0 saturated heterocycles. The Hall–Kier alpha value is -1.08. The topological polar surface area (TPSA) is 26.0 Å². The van der Waals surface area contributed by atoms with E-state index in [1.54, 1.807) is 0 Å². The zero-order chi connectivity index (χ0) is 9.97. The van der Waals surface area contributed by atoms with E-state index in [2.05, 4.69) is 31.2 Å². The third-order valence-electron chi connectivity index (χ3n) is 2.94. The molecule has 0 amide bonds. The molecule has 14 heavy (non-hydrogen) atoms. The first-order valence-electron chi connectivity index (χ1n) is 5.29. The van der Waals surface area contributed by atoms with Gasteiger partial charge in [-0.15, -0.1) is 0 Å². The van der Waals surface area contributed by atoms with E-state index >= 15 is 0 Å². The summed E-state index contributed by atoms with van der Waals surface area (Å²) in [7, 11) is 0. The minimum absolute atomic E-state index is 0.771. The van der Waals surface area contributed by atoms with Crippen molar-refractivity contribution in [1.82, 2.24) is 0 Å². The van der Waals surface area contributed by atoms with Crippen molar-refractivity contribution < 1.29 is 0 Å². The van der Waals surface area contributed by atoms with Crippen LogP contribution in [0.2, 0.25) is 0 Å². The average Bonchev–Trinajstić information content (AvgIpc) is 2.20. The molecule has 0 radical (unpaired) electrons. The Kier molecular flexibility index (Phi) is 2.69. The summed E-state index contributed by atoms with van der Waals surface area (Å²) in [6, 6.07) is 6.56. The van der Waals surface area contributed by atoms with Crippen LogP contribution in [0.4, 0.5) is 0 Å². The second kappa shape index (κ2) is 3.97. The van der Waals surface area contributed by atoms with Crippen LogP contribution in [0.1, 0.15) is 29.5 Å². The first kappa shape index (κ1) is 9.47. The van der Waals surface area contributed by atoms with Gasteiger partial charge in [-0.3, -0.25) is 0 Å². The van der Waals surface area contributed by atoms with Gasteiger partial charge in [0.1, 0.15) is 0 Å². The van der Waals surface area contributed by atoms with Gasteiger partial charge >= 0.3 is 0 Å². The molecule has 0 heterocycles. The Labute approximate surface area is 85.6 Å². The third kappa shape index (κ3) is 1.73. The van der Waals surface area contributed by atoms with Crippen molar-refractivity contribution >= 4 is 6.08 Å². The quantitative estimate of drug-likeness (QED) is 0.757. The van der Waals surface area contributed by atoms with E-state index < -0.39 is 0 Å². The van der Waals surface area contributed by atoms with Crippen LogP contribution in [0.3, 0.4) is 0 Å². The van der Waals surface area contributed by atoms with Crippen LogP contribution in [0, 0.1) is 6.92 Å². The summed E-state index contributed by atoms with van der Waals surface area (Å²) < 4.78 is 0. The smallest absolute Gasteiger partial charge is 0.00398 e. The van der Waals surface area contributed by atoms with Crippen molar-refractivity contribution in [2.75, 3.05) is 6.54 Å². The molecule has 1 nitrogen and oxygen atoms in total. The van der Waals surface area contributed by atoms with E-state index in [0.717, 1.165) is 13.0 Å². The summed E-state index contributed by atoms with van der Waals surface area (Å²) >= 11 is 0. The number of fused-ring (bicyclic) bond motifs is 1. The van der Waals surface area contributed by atoms with Crippen molar-refractivity contribution in [2.45, 2.75) is 26.2 Å². The molecule has 1 aromatic carbocycles. The maximum atomic E-state index is 5.58. The minimum atomic E-state index is 0.771. The number of benzene rings is 1. The molecule has 1 aliphatic carbocycles. The van der Waals surface area contributed by atoms with Crippen molar-refractivity contribution in [3.05, 3.63) is 40.5 Å². The second-order valence-electron chi connectivity index (χ2n) is 3.99. The summed E-state index contributed by atoms with van der Waals surface area (Å²) in [6.45, 7) is 2.95. The van der Waals surface area contributed by atoms with Gasteiger partial charge in [0.2, 0.25) is 0 Å². The Bertz CT molecular complexity index is 363. The number of rotatable bonds is 2. The fourth-order valence-corrected chi connectivity index (χ4v) is 2.12. The van der Waals surface area contributed by atoms with Crippen molar-refractivity contribution in [1.29, 1.82) is 0 Å². The van der Waals surface area contributed by atoms with Crippen molar-refractivity contribution in [3.63, 3.8) is 0 Å². The number of aryl methyl sites for hydroxylation is 2. The van der Waals surface area contributed by atoms with Gasteiger partial charge < -0.3 is 5.73 Å². The van der Waals surface area contributed by atoms with Crippen molar-refractivity contribution in [3.8, 4) is 0 Å². The molecule has 0 aromatic heterocycles. The number of hydrogen-bond acceptors (Lipinski definition) is 1.